The first-order chi connectivity index (χ1) is 18.9. The largest absolute Gasteiger partial charge is 0.490 e. The lowest BCUT2D eigenvalue weighted by atomic mass is 10.0. The van der Waals surface area contributed by atoms with Crippen LogP contribution in [0, 0.1) is 22.7 Å². The first kappa shape index (κ1) is 25.6. The van der Waals surface area contributed by atoms with Crippen molar-refractivity contribution >= 4 is 11.6 Å². The van der Waals surface area contributed by atoms with Crippen LogP contribution in [-0.2, 0) is 12.8 Å². The fraction of sp³-hybridized carbons (Fsp3) is 0.226. The Morgan fingerprint density at radius 1 is 0.821 bits per heavy atom. The average molecular weight is 517 g/mol. The lowest BCUT2D eigenvalue weighted by Crippen LogP contribution is -2.06. The molecule has 8 heteroatoms. The van der Waals surface area contributed by atoms with Crippen LogP contribution in [0.2, 0.25) is 0 Å². The number of nitriles is 2. The molecule has 0 atom stereocenters. The molecule has 0 amide bonds. The van der Waals surface area contributed by atoms with E-state index >= 15 is 0 Å². The summed E-state index contributed by atoms with van der Waals surface area (Å²) in [6.07, 6.45) is 2.47. The monoisotopic (exact) mass is 516 g/mol. The molecule has 0 saturated heterocycles. The van der Waals surface area contributed by atoms with Gasteiger partial charge in [0.1, 0.15) is 11.8 Å². The van der Waals surface area contributed by atoms with E-state index in [2.05, 4.69) is 22.3 Å². The van der Waals surface area contributed by atoms with E-state index in [4.69, 9.17) is 14.5 Å². The highest BCUT2D eigenvalue weighted by molar-refractivity contribution is 6.02. The van der Waals surface area contributed by atoms with E-state index in [0.29, 0.717) is 53.4 Å². The number of aromatic nitrogens is 2. The minimum absolute atomic E-state index is 0.0270. The van der Waals surface area contributed by atoms with Crippen molar-refractivity contribution in [3.8, 4) is 40.7 Å². The van der Waals surface area contributed by atoms with Crippen LogP contribution in [0.15, 0.2) is 59.1 Å². The van der Waals surface area contributed by atoms with Crippen LogP contribution in [-0.4, -0.2) is 27.8 Å². The molecule has 0 N–H and O–H groups in total. The number of carbonyl (C=O) groups is 2. The van der Waals surface area contributed by atoms with E-state index in [1.165, 1.54) is 0 Å². The Morgan fingerprint density at radius 2 is 1.46 bits per heavy atom. The summed E-state index contributed by atoms with van der Waals surface area (Å²) in [4.78, 5) is 27.7. The van der Waals surface area contributed by atoms with Crippen molar-refractivity contribution in [1.29, 1.82) is 10.5 Å². The van der Waals surface area contributed by atoms with Gasteiger partial charge in [-0.25, -0.2) is 0 Å². The third kappa shape index (κ3) is 5.05. The van der Waals surface area contributed by atoms with Gasteiger partial charge in [0.2, 0.25) is 5.82 Å². The molecule has 0 fully saturated rings. The Bertz CT molecular complexity index is 1690. The first-order valence-corrected chi connectivity index (χ1v) is 12.6. The van der Waals surface area contributed by atoms with Gasteiger partial charge in [-0.2, -0.15) is 15.5 Å². The molecule has 1 heterocycles. The van der Waals surface area contributed by atoms with E-state index in [9.17, 15) is 14.9 Å². The number of fused-ring (bicyclic) bond motifs is 2. The second-order valence-corrected chi connectivity index (χ2v) is 9.53. The molecule has 3 aromatic carbocycles. The van der Waals surface area contributed by atoms with Gasteiger partial charge in [-0.1, -0.05) is 35.5 Å². The van der Waals surface area contributed by atoms with Crippen molar-refractivity contribution in [2.75, 3.05) is 0 Å². The van der Waals surface area contributed by atoms with Gasteiger partial charge in [0, 0.05) is 35.1 Å². The molecule has 0 unspecified atom stereocenters. The van der Waals surface area contributed by atoms with Crippen molar-refractivity contribution in [2.24, 2.45) is 0 Å². The summed E-state index contributed by atoms with van der Waals surface area (Å²) in [5, 5.41) is 22.2. The van der Waals surface area contributed by atoms with E-state index in [1.807, 2.05) is 32.0 Å². The topological polar surface area (TPSA) is 130 Å². The van der Waals surface area contributed by atoms with Gasteiger partial charge in [0.25, 0.3) is 5.89 Å². The first-order valence-electron chi connectivity index (χ1n) is 12.6. The van der Waals surface area contributed by atoms with E-state index in [1.54, 1.807) is 36.4 Å². The van der Waals surface area contributed by atoms with E-state index in [0.717, 1.165) is 34.2 Å². The molecule has 6 rings (SSSR count). The van der Waals surface area contributed by atoms with Crippen molar-refractivity contribution in [2.45, 2.75) is 45.6 Å². The quantitative estimate of drug-likeness (QED) is 0.329. The smallest absolute Gasteiger partial charge is 0.258 e. The fourth-order valence-corrected chi connectivity index (χ4v) is 4.85. The summed E-state index contributed by atoms with van der Waals surface area (Å²) in [5.74, 6) is 1.60. The maximum atomic E-state index is 11.9. The number of benzene rings is 3. The van der Waals surface area contributed by atoms with Crippen molar-refractivity contribution < 1.29 is 18.8 Å². The van der Waals surface area contributed by atoms with Gasteiger partial charge in [-0.05, 0) is 62.1 Å². The van der Waals surface area contributed by atoms with E-state index in [-0.39, 0.29) is 17.7 Å². The normalized spacial score (nSPS) is 13.3. The SMILES string of the molecule is CC(C)Oc1ccc(-c2nc(-c3cccc4c3CCC4=O)no2)cc1C#N.N#Cc1cccc2c1CCC2=O. The van der Waals surface area contributed by atoms with Crippen LogP contribution in [0.25, 0.3) is 22.8 Å². The molecule has 1 aromatic heterocycles. The standard InChI is InChI=1S/C21H17N3O3.C10H7NO/c1-12(2)26-19-9-6-13(10-14(19)11-22)21-23-20(24-27-21)17-5-3-4-16-15(17)7-8-18(16)25;11-6-7-2-1-3-9-8(7)4-5-10(9)12/h3-6,9-10,12H,7-8H2,1-2H3;1-3H,4-5H2. The summed E-state index contributed by atoms with van der Waals surface area (Å²) in [7, 11) is 0. The highest BCUT2D eigenvalue weighted by Gasteiger charge is 2.25. The molecule has 4 aromatic rings. The Hall–Kier alpha value is -5.08. The summed E-state index contributed by atoms with van der Waals surface area (Å²) in [6.45, 7) is 3.81. The molecule has 39 heavy (non-hydrogen) atoms. The molecule has 2 aliphatic carbocycles. The van der Waals surface area contributed by atoms with Gasteiger partial charge < -0.3 is 9.26 Å². The fourth-order valence-electron chi connectivity index (χ4n) is 4.85. The number of carbonyl (C=O) groups excluding carboxylic acids is 2. The van der Waals surface area contributed by atoms with Crippen LogP contribution >= 0.6 is 0 Å². The highest BCUT2D eigenvalue weighted by Crippen LogP contribution is 2.33. The van der Waals surface area contributed by atoms with Crippen molar-refractivity contribution in [3.05, 3.63) is 88.0 Å². The Morgan fingerprint density at radius 3 is 2.15 bits per heavy atom. The maximum Gasteiger partial charge on any atom is 0.258 e. The molecule has 0 saturated carbocycles. The second-order valence-electron chi connectivity index (χ2n) is 9.53. The zero-order chi connectivity index (χ0) is 27.5. The number of hydrogen-bond donors (Lipinski definition) is 0. The Kier molecular flexibility index (Phi) is 7.03. The lowest BCUT2D eigenvalue weighted by Gasteiger charge is -2.11. The van der Waals surface area contributed by atoms with Crippen LogP contribution < -0.4 is 4.74 Å². The summed E-state index contributed by atoms with van der Waals surface area (Å²) in [6, 6.07) is 20.3. The summed E-state index contributed by atoms with van der Waals surface area (Å²) >= 11 is 0. The zero-order valence-electron chi connectivity index (χ0n) is 21.5. The van der Waals surface area contributed by atoms with Gasteiger partial charge in [0.05, 0.1) is 23.3 Å². The average Bonchev–Trinajstić information content (AvgIpc) is 3.68. The van der Waals surface area contributed by atoms with Crippen LogP contribution in [0.1, 0.15) is 69.7 Å². The minimum Gasteiger partial charge on any atom is -0.490 e. The zero-order valence-corrected chi connectivity index (χ0v) is 21.5. The minimum atomic E-state index is -0.0270. The third-order valence-electron chi connectivity index (χ3n) is 6.65. The maximum absolute atomic E-state index is 11.9. The van der Waals surface area contributed by atoms with Crippen molar-refractivity contribution in [1.82, 2.24) is 10.1 Å². The molecular weight excluding hydrogens is 492 g/mol. The molecule has 8 nitrogen and oxygen atoms in total. The van der Waals surface area contributed by atoms with Crippen LogP contribution in [0.5, 0.6) is 5.75 Å². The number of hydrogen-bond acceptors (Lipinski definition) is 8. The lowest BCUT2D eigenvalue weighted by molar-refractivity contribution is 0.0986. The number of nitrogens with zero attached hydrogens (tertiary/aromatic N) is 4. The molecule has 0 radical (unpaired) electrons. The number of rotatable bonds is 4. The van der Waals surface area contributed by atoms with Gasteiger partial charge >= 0.3 is 0 Å². The number of ether oxygens (including phenoxy) is 1. The van der Waals surface area contributed by atoms with E-state index < -0.39 is 0 Å². The van der Waals surface area contributed by atoms with Gasteiger partial charge in [-0.3, -0.25) is 9.59 Å². The van der Waals surface area contributed by atoms with Gasteiger partial charge in [-0.15, -0.1) is 0 Å². The van der Waals surface area contributed by atoms with Crippen LogP contribution in [0.3, 0.4) is 0 Å². The number of ketones is 2. The second kappa shape index (κ2) is 10.7. The third-order valence-corrected chi connectivity index (χ3v) is 6.65. The summed E-state index contributed by atoms with van der Waals surface area (Å²) < 4.78 is 11.1. The van der Waals surface area contributed by atoms with Crippen LogP contribution in [0.4, 0.5) is 0 Å². The molecule has 0 spiro atoms. The van der Waals surface area contributed by atoms with Gasteiger partial charge in [0.15, 0.2) is 11.6 Å². The van der Waals surface area contributed by atoms with Crippen molar-refractivity contribution in [3.63, 3.8) is 0 Å². The molecule has 2 aliphatic rings. The molecular formula is C31H24N4O4. The highest BCUT2D eigenvalue weighted by atomic mass is 16.5. The number of Topliss-reactive ketones (excluding diaryl/α,β-unsaturated/α-hetero) is 2. The predicted molar refractivity (Wildman–Crippen MR) is 142 cm³/mol. The Balaban J connectivity index is 0.000000214. The summed E-state index contributed by atoms with van der Waals surface area (Å²) in [5.41, 5.74) is 5.90. The molecule has 0 bridgehead atoms. The Labute approximate surface area is 225 Å². The predicted octanol–water partition coefficient (Wildman–Crippen LogP) is 5.88. The molecule has 192 valence electrons. The molecule has 0 aliphatic heterocycles.